The van der Waals surface area contributed by atoms with Crippen molar-refractivity contribution in [3.8, 4) is 0 Å². The number of nitrogens with one attached hydrogen (secondary N) is 2. The third-order valence-electron chi connectivity index (χ3n) is 2.40. The van der Waals surface area contributed by atoms with E-state index < -0.39 is 24.3 Å². The van der Waals surface area contributed by atoms with E-state index in [9.17, 15) is 14.4 Å². The Hall–Kier alpha value is -2.81. The molecule has 0 fully saturated rings. The van der Waals surface area contributed by atoms with Crippen LogP contribution in [-0.2, 0) is 4.79 Å². The highest BCUT2D eigenvalue weighted by Gasteiger charge is 2.10. The van der Waals surface area contributed by atoms with E-state index in [1.165, 1.54) is 29.6 Å². The normalized spacial score (nSPS) is 9.90. The number of amides is 2. The summed E-state index contributed by atoms with van der Waals surface area (Å²) in [6.07, 6.45) is 0. The number of rotatable bonds is 5. The number of carboxylic acid groups (broad SMARTS) is 1. The van der Waals surface area contributed by atoms with Crippen LogP contribution in [0.25, 0.3) is 0 Å². The molecule has 2 rings (SSSR count). The van der Waals surface area contributed by atoms with E-state index in [0.29, 0.717) is 11.3 Å². The quantitative estimate of drug-likeness (QED) is 0.744. The highest BCUT2D eigenvalue weighted by atomic mass is 32.1. The van der Waals surface area contributed by atoms with Gasteiger partial charge in [0.25, 0.3) is 11.8 Å². The number of carboxylic acids is 1. The van der Waals surface area contributed by atoms with Gasteiger partial charge in [0.1, 0.15) is 6.54 Å². The fourth-order valence-electron chi connectivity index (χ4n) is 1.42. The lowest BCUT2D eigenvalue weighted by Crippen LogP contribution is -2.29. The molecule has 0 aliphatic heterocycles. The lowest BCUT2D eigenvalue weighted by Gasteiger charge is -2.05. The van der Waals surface area contributed by atoms with Gasteiger partial charge in [-0.25, -0.2) is 0 Å². The van der Waals surface area contributed by atoms with Crippen molar-refractivity contribution in [1.29, 1.82) is 0 Å². The van der Waals surface area contributed by atoms with E-state index >= 15 is 0 Å². The van der Waals surface area contributed by atoms with E-state index in [4.69, 9.17) is 5.11 Å². The predicted octanol–water partition coefficient (Wildman–Crippen LogP) is 0.605. The molecule has 0 unspecified atom stereocenters. The van der Waals surface area contributed by atoms with Crippen LogP contribution in [0.4, 0.5) is 5.69 Å². The minimum Gasteiger partial charge on any atom is -0.480 e. The summed E-state index contributed by atoms with van der Waals surface area (Å²) in [7, 11) is 0. The van der Waals surface area contributed by atoms with Gasteiger partial charge in [-0.15, -0.1) is 5.10 Å². The number of anilines is 1. The van der Waals surface area contributed by atoms with Crippen LogP contribution in [0.5, 0.6) is 0 Å². The molecule has 0 bridgehead atoms. The van der Waals surface area contributed by atoms with Gasteiger partial charge < -0.3 is 15.7 Å². The summed E-state index contributed by atoms with van der Waals surface area (Å²) in [5, 5.41) is 18.5. The average Bonchev–Trinajstić information content (AvgIpc) is 3.00. The van der Waals surface area contributed by atoms with Gasteiger partial charge in [-0.05, 0) is 35.8 Å². The maximum absolute atomic E-state index is 11.7. The second kappa shape index (κ2) is 6.57. The van der Waals surface area contributed by atoms with Crippen molar-refractivity contribution < 1.29 is 19.5 Å². The van der Waals surface area contributed by atoms with Crippen molar-refractivity contribution in [2.24, 2.45) is 0 Å². The Morgan fingerprint density at radius 2 is 1.86 bits per heavy atom. The van der Waals surface area contributed by atoms with Crippen LogP contribution in [0.15, 0.2) is 29.6 Å². The van der Waals surface area contributed by atoms with Crippen LogP contribution in [0, 0.1) is 0 Å². The highest BCUT2D eigenvalue weighted by molar-refractivity contribution is 7.03. The number of hydrogen-bond acceptors (Lipinski definition) is 6. The fraction of sp³-hybridized carbons (Fsp3) is 0.0833. The molecular formula is C12H10N4O4S. The number of hydrogen-bond donors (Lipinski definition) is 3. The van der Waals surface area contributed by atoms with E-state index in [1.54, 1.807) is 0 Å². The second-order valence-corrected chi connectivity index (χ2v) is 4.51. The lowest BCUT2D eigenvalue weighted by molar-refractivity contribution is -0.135. The Kier molecular flexibility index (Phi) is 4.57. The lowest BCUT2D eigenvalue weighted by atomic mass is 10.2. The molecule has 108 valence electrons. The molecule has 1 aromatic carbocycles. The summed E-state index contributed by atoms with van der Waals surface area (Å²) >= 11 is 1.07. The minimum absolute atomic E-state index is 0.211. The number of benzene rings is 1. The van der Waals surface area contributed by atoms with Crippen molar-refractivity contribution in [2.75, 3.05) is 11.9 Å². The Labute approximate surface area is 123 Å². The molecular weight excluding hydrogens is 296 g/mol. The molecule has 2 amide bonds. The van der Waals surface area contributed by atoms with Crippen LogP contribution in [0.1, 0.15) is 20.8 Å². The first-order valence-electron chi connectivity index (χ1n) is 5.75. The molecule has 2 aromatic rings. The van der Waals surface area contributed by atoms with Gasteiger partial charge in [-0.2, -0.15) is 0 Å². The van der Waals surface area contributed by atoms with Gasteiger partial charge in [0.05, 0.1) is 0 Å². The number of aromatic nitrogens is 2. The molecule has 0 saturated heterocycles. The zero-order valence-corrected chi connectivity index (χ0v) is 11.4. The number of carbonyl (C=O) groups excluding carboxylic acids is 2. The van der Waals surface area contributed by atoms with E-state index in [1.807, 2.05) is 0 Å². The Morgan fingerprint density at radius 1 is 1.14 bits per heavy atom. The Bertz CT molecular complexity index is 654. The van der Waals surface area contributed by atoms with Crippen molar-refractivity contribution in [2.45, 2.75) is 0 Å². The van der Waals surface area contributed by atoms with Gasteiger partial charge in [0.2, 0.25) is 0 Å². The summed E-state index contributed by atoms with van der Waals surface area (Å²) in [5.41, 5.74) is 0.996. The van der Waals surface area contributed by atoms with E-state index in [-0.39, 0.29) is 5.69 Å². The molecule has 0 atom stereocenters. The summed E-state index contributed by atoms with van der Waals surface area (Å²) in [6, 6.07) is 6.03. The Balaban J connectivity index is 1.97. The minimum atomic E-state index is -1.12. The largest absolute Gasteiger partial charge is 0.480 e. The number of carbonyl (C=O) groups is 3. The monoisotopic (exact) mass is 306 g/mol. The predicted molar refractivity (Wildman–Crippen MR) is 74.3 cm³/mol. The van der Waals surface area contributed by atoms with Crippen molar-refractivity contribution in [3.63, 3.8) is 0 Å². The number of nitrogens with zero attached hydrogens (tertiary/aromatic N) is 2. The molecule has 0 radical (unpaired) electrons. The summed E-state index contributed by atoms with van der Waals surface area (Å²) < 4.78 is 3.59. The van der Waals surface area contributed by atoms with Crippen molar-refractivity contribution in [1.82, 2.24) is 14.9 Å². The maximum atomic E-state index is 11.7. The number of aliphatic carboxylic acids is 1. The van der Waals surface area contributed by atoms with E-state index in [2.05, 4.69) is 20.2 Å². The van der Waals surface area contributed by atoms with Crippen LogP contribution in [0.2, 0.25) is 0 Å². The van der Waals surface area contributed by atoms with Gasteiger partial charge in [0.15, 0.2) is 5.69 Å². The molecule has 21 heavy (non-hydrogen) atoms. The fourth-order valence-corrected chi connectivity index (χ4v) is 1.86. The molecule has 0 aliphatic carbocycles. The first-order valence-corrected chi connectivity index (χ1v) is 6.58. The van der Waals surface area contributed by atoms with Crippen molar-refractivity contribution in [3.05, 3.63) is 40.9 Å². The van der Waals surface area contributed by atoms with Gasteiger partial charge in [-0.3, -0.25) is 14.4 Å². The van der Waals surface area contributed by atoms with Gasteiger partial charge >= 0.3 is 5.97 Å². The van der Waals surface area contributed by atoms with Crippen molar-refractivity contribution >= 4 is 35.0 Å². The third-order valence-corrected chi connectivity index (χ3v) is 2.90. The zero-order chi connectivity index (χ0) is 15.2. The maximum Gasteiger partial charge on any atom is 0.322 e. The van der Waals surface area contributed by atoms with Crippen LogP contribution < -0.4 is 10.6 Å². The highest BCUT2D eigenvalue weighted by Crippen LogP contribution is 2.11. The smallest absolute Gasteiger partial charge is 0.322 e. The van der Waals surface area contributed by atoms with Gasteiger partial charge in [-0.1, -0.05) is 4.49 Å². The van der Waals surface area contributed by atoms with Crippen LogP contribution in [0.3, 0.4) is 0 Å². The summed E-state index contributed by atoms with van der Waals surface area (Å²) in [4.78, 5) is 33.7. The standard InChI is InChI=1S/C12H10N4O4S/c17-10(18)5-13-11(19)7-1-3-8(4-2-7)14-12(20)9-6-21-16-15-9/h1-4,6H,5H2,(H,13,19)(H,14,20)(H,17,18). The molecule has 8 nitrogen and oxygen atoms in total. The molecule has 0 saturated carbocycles. The zero-order valence-electron chi connectivity index (χ0n) is 10.6. The summed E-state index contributed by atoms with van der Waals surface area (Å²) in [5.74, 6) is -2.02. The molecule has 1 aromatic heterocycles. The molecule has 3 N–H and O–H groups in total. The summed E-state index contributed by atoms with van der Waals surface area (Å²) in [6.45, 7) is -0.450. The topological polar surface area (TPSA) is 121 Å². The first-order chi connectivity index (χ1) is 10.1. The second-order valence-electron chi connectivity index (χ2n) is 3.90. The van der Waals surface area contributed by atoms with E-state index in [0.717, 1.165) is 11.5 Å². The average molecular weight is 306 g/mol. The molecule has 0 spiro atoms. The molecule has 9 heteroatoms. The SMILES string of the molecule is O=C(O)CNC(=O)c1ccc(NC(=O)c2csnn2)cc1. The molecule has 1 heterocycles. The van der Waals surface area contributed by atoms with Gasteiger partial charge in [0, 0.05) is 16.6 Å². The third kappa shape index (κ3) is 4.08. The van der Waals surface area contributed by atoms with Crippen LogP contribution >= 0.6 is 11.5 Å². The Morgan fingerprint density at radius 3 is 2.43 bits per heavy atom. The van der Waals surface area contributed by atoms with Crippen LogP contribution in [-0.4, -0.2) is 39.0 Å². The molecule has 0 aliphatic rings. The first kappa shape index (κ1) is 14.6.